The van der Waals surface area contributed by atoms with Crippen molar-refractivity contribution in [2.24, 2.45) is 5.73 Å². The van der Waals surface area contributed by atoms with Gasteiger partial charge in [-0.3, -0.25) is 0 Å². The predicted octanol–water partition coefficient (Wildman–Crippen LogP) is 1.92. The summed E-state index contributed by atoms with van der Waals surface area (Å²) in [5, 5.41) is 0. The maximum Gasteiger partial charge on any atom is 0.240 e. The van der Waals surface area contributed by atoms with Crippen molar-refractivity contribution in [1.29, 1.82) is 0 Å². The van der Waals surface area contributed by atoms with Crippen molar-refractivity contribution in [3.05, 3.63) is 41.7 Å². The summed E-state index contributed by atoms with van der Waals surface area (Å²) in [6.45, 7) is 2.41. The minimum atomic E-state index is 0.371. The number of aryl methyl sites for hydroxylation is 1. The quantitative estimate of drug-likeness (QED) is 0.873. The van der Waals surface area contributed by atoms with Crippen LogP contribution in [-0.4, -0.2) is 17.1 Å². The summed E-state index contributed by atoms with van der Waals surface area (Å²) in [6, 6.07) is 8.06. The van der Waals surface area contributed by atoms with Gasteiger partial charge in [-0.1, -0.05) is 23.8 Å². The maximum atomic E-state index is 5.57. The van der Waals surface area contributed by atoms with Crippen LogP contribution < -0.4 is 10.5 Å². The van der Waals surface area contributed by atoms with Gasteiger partial charge in [0.25, 0.3) is 0 Å². The molecule has 2 rings (SSSR count). The summed E-state index contributed by atoms with van der Waals surface area (Å²) in [5.41, 5.74) is 9.22. The van der Waals surface area contributed by atoms with E-state index in [2.05, 4.69) is 9.97 Å². The fourth-order valence-electron chi connectivity index (χ4n) is 1.64. The molecule has 0 aliphatic rings. The van der Waals surface area contributed by atoms with Crippen LogP contribution in [0.4, 0.5) is 0 Å². The Morgan fingerprint density at radius 1 is 1.35 bits per heavy atom. The molecule has 4 nitrogen and oxygen atoms in total. The smallest absolute Gasteiger partial charge is 0.240 e. The molecule has 0 spiro atoms. The van der Waals surface area contributed by atoms with Crippen molar-refractivity contribution in [3.63, 3.8) is 0 Å². The lowest BCUT2D eigenvalue weighted by Gasteiger charge is -2.08. The Hall–Kier alpha value is -1.94. The third kappa shape index (κ3) is 2.42. The second-order valence-electron chi connectivity index (χ2n) is 3.79. The molecule has 1 heterocycles. The molecule has 0 radical (unpaired) electrons. The third-order valence-electron chi connectivity index (χ3n) is 2.48. The van der Waals surface area contributed by atoms with Crippen LogP contribution in [0.5, 0.6) is 5.88 Å². The molecule has 0 atom stereocenters. The fraction of sp³-hybridized carbons (Fsp3) is 0.231. The van der Waals surface area contributed by atoms with Crippen molar-refractivity contribution in [1.82, 2.24) is 9.97 Å². The standard InChI is InChI=1S/C13H15N3O/c1-9-4-3-5-10(6-9)12-13(17-2)15-8-11(7-14)16-12/h3-6,8H,7,14H2,1-2H3. The highest BCUT2D eigenvalue weighted by atomic mass is 16.5. The molecular formula is C13H15N3O. The zero-order chi connectivity index (χ0) is 12.3. The van der Waals surface area contributed by atoms with Gasteiger partial charge in [-0.2, -0.15) is 0 Å². The zero-order valence-electron chi connectivity index (χ0n) is 9.97. The molecule has 0 amide bonds. The molecule has 88 valence electrons. The first-order valence-electron chi connectivity index (χ1n) is 5.41. The van der Waals surface area contributed by atoms with Crippen LogP contribution in [0.1, 0.15) is 11.3 Å². The van der Waals surface area contributed by atoms with E-state index in [0.29, 0.717) is 12.4 Å². The molecule has 1 aromatic heterocycles. The molecule has 0 aliphatic heterocycles. The van der Waals surface area contributed by atoms with Crippen LogP contribution >= 0.6 is 0 Å². The Bertz CT molecular complexity index is 526. The summed E-state index contributed by atoms with van der Waals surface area (Å²) >= 11 is 0. The van der Waals surface area contributed by atoms with E-state index in [-0.39, 0.29) is 0 Å². The number of nitrogens with zero attached hydrogens (tertiary/aromatic N) is 2. The van der Waals surface area contributed by atoms with Crippen molar-refractivity contribution < 1.29 is 4.74 Å². The van der Waals surface area contributed by atoms with Crippen LogP contribution in [0.15, 0.2) is 30.5 Å². The predicted molar refractivity (Wildman–Crippen MR) is 66.6 cm³/mol. The average molecular weight is 229 g/mol. The number of rotatable bonds is 3. The number of methoxy groups -OCH3 is 1. The van der Waals surface area contributed by atoms with E-state index in [1.807, 2.05) is 31.2 Å². The van der Waals surface area contributed by atoms with E-state index in [9.17, 15) is 0 Å². The molecular weight excluding hydrogens is 214 g/mol. The topological polar surface area (TPSA) is 61.0 Å². The molecule has 1 aromatic carbocycles. The second kappa shape index (κ2) is 4.93. The van der Waals surface area contributed by atoms with Gasteiger partial charge >= 0.3 is 0 Å². The van der Waals surface area contributed by atoms with Gasteiger partial charge in [0, 0.05) is 12.1 Å². The van der Waals surface area contributed by atoms with E-state index >= 15 is 0 Å². The van der Waals surface area contributed by atoms with Crippen LogP contribution in [-0.2, 0) is 6.54 Å². The molecule has 0 fully saturated rings. The first-order valence-corrected chi connectivity index (χ1v) is 5.41. The molecule has 2 N–H and O–H groups in total. The average Bonchev–Trinajstić information content (AvgIpc) is 2.38. The van der Waals surface area contributed by atoms with Crippen LogP contribution in [0.3, 0.4) is 0 Å². The molecule has 0 saturated heterocycles. The molecule has 17 heavy (non-hydrogen) atoms. The highest BCUT2D eigenvalue weighted by Crippen LogP contribution is 2.26. The minimum absolute atomic E-state index is 0.371. The van der Waals surface area contributed by atoms with E-state index in [1.165, 1.54) is 5.56 Å². The number of hydrogen-bond acceptors (Lipinski definition) is 4. The molecule has 0 unspecified atom stereocenters. The van der Waals surface area contributed by atoms with E-state index in [1.54, 1.807) is 13.3 Å². The second-order valence-corrected chi connectivity index (χ2v) is 3.79. The zero-order valence-corrected chi connectivity index (χ0v) is 9.97. The Labute approximate surface area is 100 Å². The number of aromatic nitrogens is 2. The molecule has 0 aliphatic carbocycles. The summed E-state index contributed by atoms with van der Waals surface area (Å²) in [5.74, 6) is 0.521. The van der Waals surface area contributed by atoms with Crippen LogP contribution in [0.2, 0.25) is 0 Å². The first-order chi connectivity index (χ1) is 8.24. The van der Waals surface area contributed by atoms with Crippen molar-refractivity contribution in [2.45, 2.75) is 13.5 Å². The third-order valence-corrected chi connectivity index (χ3v) is 2.48. The summed E-state index contributed by atoms with van der Waals surface area (Å²) in [7, 11) is 1.59. The van der Waals surface area contributed by atoms with Gasteiger partial charge in [-0.15, -0.1) is 0 Å². The van der Waals surface area contributed by atoms with Gasteiger partial charge in [0.15, 0.2) is 0 Å². The minimum Gasteiger partial charge on any atom is -0.479 e. The Morgan fingerprint density at radius 3 is 2.82 bits per heavy atom. The molecule has 0 saturated carbocycles. The van der Waals surface area contributed by atoms with Crippen molar-refractivity contribution in [3.8, 4) is 17.1 Å². The Balaban J connectivity index is 2.56. The molecule has 0 bridgehead atoms. The molecule has 2 aromatic rings. The lowest BCUT2D eigenvalue weighted by atomic mass is 10.1. The lowest BCUT2D eigenvalue weighted by Crippen LogP contribution is -2.03. The van der Waals surface area contributed by atoms with E-state index < -0.39 is 0 Å². The van der Waals surface area contributed by atoms with Crippen molar-refractivity contribution in [2.75, 3.05) is 7.11 Å². The maximum absolute atomic E-state index is 5.57. The summed E-state index contributed by atoms with van der Waals surface area (Å²) in [4.78, 5) is 8.67. The van der Waals surface area contributed by atoms with Gasteiger partial charge < -0.3 is 10.5 Å². The van der Waals surface area contributed by atoms with Gasteiger partial charge in [-0.25, -0.2) is 9.97 Å². The van der Waals surface area contributed by atoms with Crippen LogP contribution in [0, 0.1) is 6.92 Å². The molecule has 4 heteroatoms. The normalized spacial score (nSPS) is 10.3. The summed E-state index contributed by atoms with van der Waals surface area (Å²) in [6.07, 6.45) is 1.64. The largest absolute Gasteiger partial charge is 0.479 e. The van der Waals surface area contributed by atoms with Crippen molar-refractivity contribution >= 4 is 0 Å². The highest BCUT2D eigenvalue weighted by molar-refractivity contribution is 5.65. The monoisotopic (exact) mass is 229 g/mol. The number of nitrogens with two attached hydrogens (primary N) is 1. The van der Waals surface area contributed by atoms with E-state index in [0.717, 1.165) is 17.0 Å². The number of benzene rings is 1. The van der Waals surface area contributed by atoms with Gasteiger partial charge in [-0.05, 0) is 13.0 Å². The SMILES string of the molecule is COc1ncc(CN)nc1-c1cccc(C)c1. The lowest BCUT2D eigenvalue weighted by molar-refractivity contribution is 0.397. The van der Waals surface area contributed by atoms with Gasteiger partial charge in [0.1, 0.15) is 5.69 Å². The van der Waals surface area contributed by atoms with E-state index in [4.69, 9.17) is 10.5 Å². The Kier molecular flexibility index (Phi) is 3.35. The Morgan fingerprint density at radius 2 is 2.18 bits per heavy atom. The van der Waals surface area contributed by atoms with Gasteiger partial charge in [0.2, 0.25) is 5.88 Å². The fourth-order valence-corrected chi connectivity index (χ4v) is 1.64. The summed E-state index contributed by atoms with van der Waals surface area (Å²) < 4.78 is 5.22. The number of ether oxygens (including phenoxy) is 1. The number of hydrogen-bond donors (Lipinski definition) is 1. The van der Waals surface area contributed by atoms with Gasteiger partial charge in [0.05, 0.1) is 19.0 Å². The van der Waals surface area contributed by atoms with Crippen LogP contribution in [0.25, 0.3) is 11.3 Å². The first kappa shape index (κ1) is 11.5. The highest BCUT2D eigenvalue weighted by Gasteiger charge is 2.10.